The van der Waals surface area contributed by atoms with Gasteiger partial charge in [0.2, 0.25) is 0 Å². The number of carbonyl (C=O) groups is 2. The molecule has 0 bridgehead atoms. The number of hydrogen-bond donors (Lipinski definition) is 1. The molecule has 34 heavy (non-hydrogen) atoms. The van der Waals surface area contributed by atoms with Crippen molar-refractivity contribution >= 4 is 46.8 Å². The summed E-state index contributed by atoms with van der Waals surface area (Å²) >= 11 is 11.8. The van der Waals surface area contributed by atoms with Gasteiger partial charge in [0.15, 0.2) is 6.10 Å². The number of benzene rings is 3. The van der Waals surface area contributed by atoms with E-state index < -0.39 is 18.0 Å². The number of amides is 1. The number of ether oxygens (including phenoxy) is 3. The number of anilines is 1. The molecule has 0 saturated heterocycles. The van der Waals surface area contributed by atoms with Crippen LogP contribution in [0.3, 0.4) is 0 Å². The zero-order valence-corrected chi connectivity index (χ0v) is 20.1. The third-order valence-electron chi connectivity index (χ3n) is 4.69. The molecule has 0 spiro atoms. The normalized spacial score (nSPS) is 11.6. The van der Waals surface area contributed by atoms with Gasteiger partial charge in [0.05, 0.1) is 12.8 Å². The van der Waals surface area contributed by atoms with Crippen molar-refractivity contribution in [1.29, 1.82) is 0 Å². The van der Waals surface area contributed by atoms with Crippen LogP contribution < -0.4 is 14.8 Å². The van der Waals surface area contributed by atoms with E-state index in [2.05, 4.69) is 5.32 Å². The number of nitrogens with one attached hydrogen (secondary N) is 1. The first-order valence-electron chi connectivity index (χ1n) is 10.3. The highest BCUT2D eigenvalue weighted by Crippen LogP contribution is 2.27. The molecule has 1 atom stereocenters. The molecule has 0 aliphatic heterocycles. The first-order valence-corrected chi connectivity index (χ1v) is 11.1. The van der Waals surface area contributed by atoms with E-state index >= 15 is 0 Å². The molecule has 0 heterocycles. The summed E-state index contributed by atoms with van der Waals surface area (Å²) in [6.07, 6.45) is 1.83. The molecule has 3 rings (SSSR count). The summed E-state index contributed by atoms with van der Waals surface area (Å²) in [5, 5.41) is 3.75. The third kappa shape index (κ3) is 7.54. The Morgan fingerprint density at radius 1 is 0.971 bits per heavy atom. The van der Waals surface area contributed by atoms with Gasteiger partial charge in [0.1, 0.15) is 18.1 Å². The van der Waals surface area contributed by atoms with Crippen LogP contribution in [0, 0.1) is 0 Å². The minimum absolute atomic E-state index is 0.386. The molecule has 0 radical (unpaired) electrons. The van der Waals surface area contributed by atoms with Crippen LogP contribution in [0.25, 0.3) is 6.08 Å². The summed E-state index contributed by atoms with van der Waals surface area (Å²) in [4.78, 5) is 24.5. The Bertz CT molecular complexity index is 1160. The van der Waals surface area contributed by atoms with E-state index in [1.807, 2.05) is 36.4 Å². The summed E-state index contributed by atoms with van der Waals surface area (Å²) in [5.41, 5.74) is 2.16. The highest BCUT2D eigenvalue weighted by Gasteiger charge is 2.18. The minimum Gasteiger partial charge on any atom is -0.495 e. The van der Waals surface area contributed by atoms with E-state index in [-0.39, 0.29) is 0 Å². The quantitative estimate of drug-likeness (QED) is 0.281. The van der Waals surface area contributed by atoms with E-state index in [1.165, 1.54) is 20.1 Å². The fourth-order valence-corrected chi connectivity index (χ4v) is 3.16. The van der Waals surface area contributed by atoms with Crippen molar-refractivity contribution in [2.24, 2.45) is 0 Å². The predicted molar refractivity (Wildman–Crippen MR) is 133 cm³/mol. The molecule has 0 fully saturated rings. The topological polar surface area (TPSA) is 73.9 Å². The van der Waals surface area contributed by atoms with Crippen LogP contribution >= 0.6 is 23.2 Å². The highest BCUT2D eigenvalue weighted by molar-refractivity contribution is 6.31. The van der Waals surface area contributed by atoms with E-state index in [4.69, 9.17) is 37.4 Å². The van der Waals surface area contributed by atoms with Crippen LogP contribution in [0.5, 0.6) is 11.5 Å². The van der Waals surface area contributed by atoms with Crippen LogP contribution in [0.15, 0.2) is 72.8 Å². The second kappa shape index (κ2) is 12.1. The third-order valence-corrected chi connectivity index (χ3v) is 5.18. The first-order chi connectivity index (χ1) is 16.3. The molecular formula is C26H23Cl2NO5. The molecule has 8 heteroatoms. The van der Waals surface area contributed by atoms with Crippen molar-refractivity contribution in [2.75, 3.05) is 12.4 Å². The minimum atomic E-state index is -1.02. The summed E-state index contributed by atoms with van der Waals surface area (Å²) in [5.74, 6) is -0.0264. The molecule has 0 aliphatic carbocycles. The Balaban J connectivity index is 1.49. The highest BCUT2D eigenvalue weighted by atomic mass is 35.5. The lowest BCUT2D eigenvalue weighted by Gasteiger charge is -2.14. The lowest BCUT2D eigenvalue weighted by atomic mass is 10.2. The lowest BCUT2D eigenvalue weighted by molar-refractivity contribution is -0.148. The van der Waals surface area contributed by atoms with Crippen molar-refractivity contribution in [2.45, 2.75) is 19.6 Å². The molecule has 6 nitrogen and oxygen atoms in total. The van der Waals surface area contributed by atoms with E-state index in [1.54, 1.807) is 36.4 Å². The molecule has 0 aliphatic rings. The van der Waals surface area contributed by atoms with Crippen LogP contribution in [-0.4, -0.2) is 25.1 Å². The summed E-state index contributed by atoms with van der Waals surface area (Å²) in [6.45, 7) is 1.89. The Hall–Kier alpha value is -3.48. The van der Waals surface area contributed by atoms with Gasteiger partial charge >= 0.3 is 5.97 Å². The average molecular weight is 500 g/mol. The molecule has 1 amide bonds. The maximum Gasteiger partial charge on any atom is 0.331 e. The zero-order valence-electron chi connectivity index (χ0n) is 18.6. The maximum absolute atomic E-state index is 12.4. The van der Waals surface area contributed by atoms with Crippen molar-refractivity contribution in [3.05, 3.63) is 94.0 Å². The average Bonchev–Trinajstić information content (AvgIpc) is 2.83. The van der Waals surface area contributed by atoms with Crippen LogP contribution in [-0.2, 0) is 20.9 Å². The Labute approximate surface area is 208 Å². The van der Waals surface area contributed by atoms with Gasteiger partial charge < -0.3 is 19.5 Å². The fourth-order valence-electron chi connectivity index (χ4n) is 2.87. The van der Waals surface area contributed by atoms with E-state index in [0.29, 0.717) is 33.8 Å². The summed E-state index contributed by atoms with van der Waals surface area (Å²) in [6, 6.07) is 19.5. The zero-order chi connectivity index (χ0) is 24.5. The number of hydrogen-bond acceptors (Lipinski definition) is 5. The smallest absolute Gasteiger partial charge is 0.331 e. The Kier molecular flexibility index (Phi) is 8.96. The fraction of sp³-hybridized carbons (Fsp3) is 0.154. The molecule has 3 aromatic rings. The second-order valence-electron chi connectivity index (χ2n) is 7.23. The molecule has 3 aromatic carbocycles. The van der Waals surface area contributed by atoms with Crippen molar-refractivity contribution in [1.82, 2.24) is 0 Å². The van der Waals surface area contributed by atoms with Crippen LogP contribution in [0.1, 0.15) is 18.1 Å². The SMILES string of the molecule is COc1ccc(Cl)cc1NC(=O)C(C)OC(=O)/C=C/c1ccc(OCc2ccc(Cl)cc2)cc1. The van der Waals surface area contributed by atoms with Gasteiger partial charge in [-0.05, 0) is 66.6 Å². The van der Waals surface area contributed by atoms with E-state index in [0.717, 1.165) is 11.1 Å². The molecule has 1 unspecified atom stereocenters. The maximum atomic E-state index is 12.4. The van der Waals surface area contributed by atoms with Gasteiger partial charge in [-0.15, -0.1) is 0 Å². The van der Waals surface area contributed by atoms with Gasteiger partial charge in [0, 0.05) is 16.1 Å². The largest absolute Gasteiger partial charge is 0.495 e. The van der Waals surface area contributed by atoms with Crippen molar-refractivity contribution in [3.63, 3.8) is 0 Å². The summed E-state index contributed by atoms with van der Waals surface area (Å²) in [7, 11) is 1.48. The number of methoxy groups -OCH3 is 1. The van der Waals surface area contributed by atoms with Crippen LogP contribution in [0.2, 0.25) is 10.0 Å². The monoisotopic (exact) mass is 499 g/mol. The second-order valence-corrected chi connectivity index (χ2v) is 8.10. The van der Waals surface area contributed by atoms with Gasteiger partial charge in [-0.3, -0.25) is 4.79 Å². The molecule has 1 N–H and O–H groups in total. The molecule has 0 saturated carbocycles. The van der Waals surface area contributed by atoms with Gasteiger partial charge in [-0.2, -0.15) is 0 Å². The Morgan fingerprint density at radius 3 is 2.32 bits per heavy atom. The number of esters is 1. The Morgan fingerprint density at radius 2 is 1.65 bits per heavy atom. The number of rotatable bonds is 9. The number of carbonyl (C=O) groups excluding carboxylic acids is 2. The molecule has 0 aromatic heterocycles. The number of halogens is 2. The van der Waals surface area contributed by atoms with Gasteiger partial charge in [-0.1, -0.05) is 47.5 Å². The standard InChI is InChI=1S/C26H23Cl2NO5/c1-17(26(31)29-23-15-21(28)10-13-24(23)32-2)34-25(30)14-7-18-5-11-22(12-6-18)33-16-19-3-8-20(27)9-4-19/h3-15,17H,16H2,1-2H3,(H,29,31)/b14-7+. The van der Waals surface area contributed by atoms with Crippen molar-refractivity contribution in [3.8, 4) is 11.5 Å². The molecular weight excluding hydrogens is 477 g/mol. The first kappa shape index (κ1) is 25.1. The predicted octanol–water partition coefficient (Wildman–Crippen LogP) is 6.16. The molecule has 176 valence electrons. The van der Waals surface area contributed by atoms with Gasteiger partial charge in [0.25, 0.3) is 5.91 Å². The van der Waals surface area contributed by atoms with E-state index in [9.17, 15) is 9.59 Å². The van der Waals surface area contributed by atoms with Crippen LogP contribution in [0.4, 0.5) is 5.69 Å². The lowest BCUT2D eigenvalue weighted by Crippen LogP contribution is -2.29. The van der Waals surface area contributed by atoms with Gasteiger partial charge in [-0.25, -0.2) is 4.79 Å². The summed E-state index contributed by atoms with van der Waals surface area (Å²) < 4.78 is 16.1. The van der Waals surface area contributed by atoms with Crippen molar-refractivity contribution < 1.29 is 23.8 Å².